The van der Waals surface area contributed by atoms with Crippen molar-refractivity contribution in [3.05, 3.63) is 76.6 Å². The van der Waals surface area contributed by atoms with E-state index in [0.717, 1.165) is 16.9 Å². The number of rotatable bonds is 5. The molecule has 0 unspecified atom stereocenters. The van der Waals surface area contributed by atoms with Gasteiger partial charge >= 0.3 is 5.97 Å². The Morgan fingerprint density at radius 1 is 1.04 bits per heavy atom. The van der Waals surface area contributed by atoms with Gasteiger partial charge in [-0.2, -0.15) is 0 Å². The number of carbonyl (C=O) groups is 1. The van der Waals surface area contributed by atoms with Gasteiger partial charge in [-0.05, 0) is 42.0 Å². The molecule has 0 bridgehead atoms. The number of benzene rings is 2. The van der Waals surface area contributed by atoms with E-state index in [-0.39, 0.29) is 5.56 Å². The number of carboxylic acids is 1. The number of hydrogen-bond donors (Lipinski definition) is 1. The first-order chi connectivity index (χ1) is 12.9. The highest BCUT2D eigenvalue weighted by Crippen LogP contribution is 2.25. The fourth-order valence-corrected chi connectivity index (χ4v) is 2.80. The summed E-state index contributed by atoms with van der Waals surface area (Å²) in [6.07, 6.45) is 1.36. The van der Waals surface area contributed by atoms with Crippen LogP contribution in [0.15, 0.2) is 65.6 Å². The molecule has 0 radical (unpaired) electrons. The Morgan fingerprint density at radius 3 is 2.19 bits per heavy atom. The molecule has 0 amide bonds. The highest BCUT2D eigenvalue weighted by molar-refractivity contribution is 5.87. The van der Waals surface area contributed by atoms with Crippen LogP contribution in [0.4, 0.5) is 5.69 Å². The zero-order valence-corrected chi connectivity index (χ0v) is 15.3. The molecule has 3 rings (SSSR count). The third-order valence-electron chi connectivity index (χ3n) is 4.31. The molecule has 1 aromatic heterocycles. The van der Waals surface area contributed by atoms with Crippen LogP contribution in [0.1, 0.15) is 10.4 Å². The number of methoxy groups -OCH3 is 1. The van der Waals surface area contributed by atoms with Crippen molar-refractivity contribution in [3.8, 4) is 22.7 Å². The van der Waals surface area contributed by atoms with Crippen LogP contribution in [0.5, 0.6) is 5.75 Å². The second-order valence-corrected chi connectivity index (χ2v) is 6.25. The molecule has 2 aromatic carbocycles. The quantitative estimate of drug-likeness (QED) is 0.752. The third-order valence-corrected chi connectivity index (χ3v) is 4.31. The van der Waals surface area contributed by atoms with E-state index in [1.807, 2.05) is 55.4 Å². The number of anilines is 1. The van der Waals surface area contributed by atoms with Crippen molar-refractivity contribution in [1.82, 2.24) is 4.57 Å². The minimum atomic E-state index is -1.25. The van der Waals surface area contributed by atoms with Crippen LogP contribution in [0.3, 0.4) is 0 Å². The van der Waals surface area contributed by atoms with Gasteiger partial charge in [-0.15, -0.1) is 0 Å². The lowest BCUT2D eigenvalue weighted by Crippen LogP contribution is -2.18. The van der Waals surface area contributed by atoms with Gasteiger partial charge < -0.3 is 19.3 Å². The van der Waals surface area contributed by atoms with E-state index in [9.17, 15) is 14.7 Å². The summed E-state index contributed by atoms with van der Waals surface area (Å²) in [5.41, 5.74) is 2.37. The van der Waals surface area contributed by atoms with E-state index in [2.05, 4.69) is 0 Å². The average molecular weight is 364 g/mol. The molecule has 0 spiro atoms. The molecule has 0 saturated heterocycles. The Balaban J connectivity index is 2.20. The third kappa shape index (κ3) is 3.69. The van der Waals surface area contributed by atoms with Crippen molar-refractivity contribution >= 4 is 11.7 Å². The summed E-state index contributed by atoms with van der Waals surface area (Å²) in [6, 6.07) is 16.3. The lowest BCUT2D eigenvalue weighted by atomic mass is 10.1. The van der Waals surface area contributed by atoms with Crippen LogP contribution in [0.25, 0.3) is 16.9 Å². The first-order valence-electron chi connectivity index (χ1n) is 8.33. The Kier molecular flexibility index (Phi) is 4.98. The Hall–Kier alpha value is -3.54. The topological polar surface area (TPSA) is 71.8 Å². The van der Waals surface area contributed by atoms with Crippen LogP contribution in [-0.2, 0) is 0 Å². The van der Waals surface area contributed by atoms with E-state index in [4.69, 9.17) is 4.74 Å². The Morgan fingerprint density at radius 2 is 1.67 bits per heavy atom. The van der Waals surface area contributed by atoms with Gasteiger partial charge in [0.25, 0.3) is 0 Å². The number of nitrogens with zero attached hydrogens (tertiary/aromatic N) is 2. The van der Waals surface area contributed by atoms with E-state index >= 15 is 0 Å². The smallest absolute Gasteiger partial charge is 0.341 e. The maximum Gasteiger partial charge on any atom is 0.341 e. The van der Waals surface area contributed by atoms with Gasteiger partial charge in [0, 0.05) is 37.7 Å². The molecule has 0 aliphatic rings. The van der Waals surface area contributed by atoms with Gasteiger partial charge in [0.2, 0.25) is 0 Å². The van der Waals surface area contributed by atoms with Crippen LogP contribution in [0.2, 0.25) is 0 Å². The van der Waals surface area contributed by atoms with Crippen LogP contribution in [-0.4, -0.2) is 36.8 Å². The van der Waals surface area contributed by atoms with Gasteiger partial charge in [0.1, 0.15) is 11.3 Å². The molecule has 138 valence electrons. The lowest BCUT2D eigenvalue weighted by Gasteiger charge is -2.17. The van der Waals surface area contributed by atoms with Crippen molar-refractivity contribution in [2.75, 3.05) is 26.1 Å². The molecule has 1 heterocycles. The summed E-state index contributed by atoms with van der Waals surface area (Å²) in [5.74, 6) is -0.563. The maximum absolute atomic E-state index is 12.3. The standard InChI is InChI=1S/C21H20N2O4/c1-22(2)15-6-4-14(5-7-15)19-12-20(24)18(21(25)26)13-23(19)16-8-10-17(27-3)11-9-16/h4-13H,1-3H3,(H,25,26). The normalized spacial score (nSPS) is 10.5. The number of hydrogen-bond acceptors (Lipinski definition) is 4. The van der Waals surface area contributed by atoms with Gasteiger partial charge in [-0.1, -0.05) is 12.1 Å². The Bertz CT molecular complexity index is 1020. The van der Waals surface area contributed by atoms with Crippen molar-refractivity contribution < 1.29 is 14.6 Å². The van der Waals surface area contributed by atoms with Crippen molar-refractivity contribution in [3.63, 3.8) is 0 Å². The van der Waals surface area contributed by atoms with Crippen molar-refractivity contribution in [2.24, 2.45) is 0 Å². The predicted molar refractivity (Wildman–Crippen MR) is 105 cm³/mol. The summed E-state index contributed by atoms with van der Waals surface area (Å²) in [7, 11) is 5.47. The fraction of sp³-hybridized carbons (Fsp3) is 0.143. The first kappa shape index (κ1) is 18.3. The van der Waals surface area contributed by atoms with Crippen LogP contribution < -0.4 is 15.1 Å². The fourth-order valence-electron chi connectivity index (χ4n) is 2.80. The molecule has 27 heavy (non-hydrogen) atoms. The van der Waals surface area contributed by atoms with Crippen molar-refractivity contribution in [1.29, 1.82) is 0 Å². The molecule has 0 aliphatic carbocycles. The molecule has 0 aliphatic heterocycles. The van der Waals surface area contributed by atoms with Crippen molar-refractivity contribution in [2.45, 2.75) is 0 Å². The number of pyridine rings is 1. The number of aromatic nitrogens is 1. The molecule has 0 atom stereocenters. The molecule has 6 heteroatoms. The highest BCUT2D eigenvalue weighted by Gasteiger charge is 2.15. The summed E-state index contributed by atoms with van der Waals surface area (Å²) >= 11 is 0. The average Bonchev–Trinajstić information content (AvgIpc) is 2.67. The molecule has 1 N–H and O–H groups in total. The van der Waals surface area contributed by atoms with Gasteiger partial charge in [0.15, 0.2) is 5.43 Å². The zero-order chi connectivity index (χ0) is 19.6. The van der Waals surface area contributed by atoms with Gasteiger partial charge in [0.05, 0.1) is 12.8 Å². The maximum atomic E-state index is 12.3. The monoisotopic (exact) mass is 364 g/mol. The molecular weight excluding hydrogens is 344 g/mol. The second kappa shape index (κ2) is 7.37. The lowest BCUT2D eigenvalue weighted by molar-refractivity contribution is 0.0695. The van der Waals surface area contributed by atoms with E-state index in [1.165, 1.54) is 12.3 Å². The number of ether oxygens (including phenoxy) is 1. The summed E-state index contributed by atoms with van der Waals surface area (Å²) in [4.78, 5) is 25.7. The van der Waals surface area contributed by atoms with Crippen LogP contribution in [0, 0.1) is 0 Å². The molecular formula is C21H20N2O4. The Labute approximate surface area is 156 Å². The predicted octanol–water partition coefficient (Wildman–Crippen LogP) is 3.28. The van der Waals surface area contributed by atoms with E-state index in [1.54, 1.807) is 23.8 Å². The minimum absolute atomic E-state index is 0.278. The van der Waals surface area contributed by atoms with Gasteiger partial charge in [-0.3, -0.25) is 4.79 Å². The molecule has 0 fully saturated rings. The first-order valence-corrected chi connectivity index (χ1v) is 8.33. The summed E-state index contributed by atoms with van der Waals surface area (Å²) in [5, 5.41) is 9.34. The van der Waals surface area contributed by atoms with E-state index in [0.29, 0.717) is 11.4 Å². The minimum Gasteiger partial charge on any atom is -0.497 e. The summed E-state index contributed by atoms with van der Waals surface area (Å²) in [6.45, 7) is 0. The molecule has 6 nitrogen and oxygen atoms in total. The van der Waals surface area contributed by atoms with Gasteiger partial charge in [-0.25, -0.2) is 4.79 Å². The number of aromatic carboxylic acids is 1. The van der Waals surface area contributed by atoms with E-state index < -0.39 is 11.4 Å². The molecule has 0 saturated carbocycles. The zero-order valence-electron chi connectivity index (χ0n) is 15.3. The molecule has 3 aromatic rings. The largest absolute Gasteiger partial charge is 0.497 e. The summed E-state index contributed by atoms with van der Waals surface area (Å²) < 4.78 is 6.88. The number of carboxylic acid groups (broad SMARTS) is 1. The SMILES string of the molecule is COc1ccc(-n2cc(C(=O)O)c(=O)cc2-c2ccc(N(C)C)cc2)cc1. The van der Waals surface area contributed by atoms with Crippen LogP contribution >= 0.6 is 0 Å². The second-order valence-electron chi connectivity index (χ2n) is 6.25. The highest BCUT2D eigenvalue weighted by atomic mass is 16.5.